The number of nitrogens with zero attached hydrogens (tertiary/aromatic N) is 3. The maximum Gasteiger partial charge on any atom is 0.317 e. The van der Waals surface area contributed by atoms with Gasteiger partial charge in [-0.15, -0.1) is 9.19 Å². The summed E-state index contributed by atoms with van der Waals surface area (Å²) in [5.41, 5.74) is 5.28. The predicted octanol–water partition coefficient (Wildman–Crippen LogP) is -0.00128. The number of furan rings is 1. The van der Waals surface area contributed by atoms with E-state index in [0.717, 1.165) is 10.4 Å². The highest BCUT2D eigenvalue weighted by atomic mass is 32.2. The van der Waals surface area contributed by atoms with Crippen molar-refractivity contribution in [3.05, 3.63) is 24.3 Å². The van der Waals surface area contributed by atoms with Gasteiger partial charge in [0.25, 0.3) is 0 Å². The van der Waals surface area contributed by atoms with Crippen molar-refractivity contribution in [3.63, 3.8) is 0 Å². The smallest absolute Gasteiger partial charge is 0.317 e. The second-order valence-corrected chi connectivity index (χ2v) is 4.55. The van der Waals surface area contributed by atoms with Crippen LogP contribution >= 0.6 is 0 Å². The van der Waals surface area contributed by atoms with Crippen LogP contribution in [0.1, 0.15) is 5.82 Å². The first-order chi connectivity index (χ1) is 7.00. The minimum atomic E-state index is -3.80. The second kappa shape index (κ2) is 3.09. The van der Waals surface area contributed by atoms with Crippen molar-refractivity contribution in [1.29, 1.82) is 0 Å². The van der Waals surface area contributed by atoms with Crippen LogP contribution in [-0.2, 0) is 10.0 Å². The molecule has 0 amide bonds. The van der Waals surface area contributed by atoms with Crippen LogP contribution in [0, 0.1) is 6.92 Å². The van der Waals surface area contributed by atoms with Crippen molar-refractivity contribution in [2.75, 3.05) is 5.73 Å². The van der Waals surface area contributed by atoms with Crippen LogP contribution in [0.2, 0.25) is 0 Å². The summed E-state index contributed by atoms with van der Waals surface area (Å²) < 4.78 is 29.1. The number of nitrogens with two attached hydrogens (primary N) is 1. The van der Waals surface area contributed by atoms with E-state index >= 15 is 0 Å². The first-order valence-corrected chi connectivity index (χ1v) is 5.43. The molecule has 0 saturated carbocycles. The molecular formula is C7H8N4O3S. The van der Waals surface area contributed by atoms with Gasteiger partial charge >= 0.3 is 10.0 Å². The molecule has 2 aromatic rings. The van der Waals surface area contributed by atoms with Crippen molar-refractivity contribution in [2.45, 2.75) is 12.0 Å². The van der Waals surface area contributed by atoms with Gasteiger partial charge in [-0.1, -0.05) is 0 Å². The Labute approximate surface area is 85.6 Å². The van der Waals surface area contributed by atoms with Crippen molar-refractivity contribution in [1.82, 2.24) is 14.2 Å². The van der Waals surface area contributed by atoms with Crippen molar-refractivity contribution in [3.8, 4) is 0 Å². The van der Waals surface area contributed by atoms with Gasteiger partial charge in [-0.2, -0.15) is 8.42 Å². The summed E-state index contributed by atoms with van der Waals surface area (Å²) in [7, 11) is -3.80. The van der Waals surface area contributed by atoms with E-state index < -0.39 is 10.0 Å². The van der Waals surface area contributed by atoms with Crippen molar-refractivity contribution >= 4 is 15.9 Å². The predicted molar refractivity (Wildman–Crippen MR) is 50.5 cm³/mol. The lowest BCUT2D eigenvalue weighted by Crippen LogP contribution is -2.12. The zero-order chi connectivity index (χ0) is 11.1. The number of aryl methyl sites for hydroxylation is 1. The fraction of sp³-hybridized carbons (Fsp3) is 0.143. The maximum absolute atomic E-state index is 11.8. The van der Waals surface area contributed by atoms with Gasteiger partial charge in [0.2, 0.25) is 5.09 Å². The van der Waals surface area contributed by atoms with Crippen LogP contribution < -0.4 is 5.73 Å². The minimum absolute atomic E-state index is 0.0328. The molecule has 2 N–H and O–H groups in total. The third-order valence-corrected chi connectivity index (χ3v) is 3.09. The lowest BCUT2D eigenvalue weighted by Gasteiger charge is -1.98. The van der Waals surface area contributed by atoms with Crippen LogP contribution in [0.3, 0.4) is 0 Å². The average molecular weight is 228 g/mol. The van der Waals surface area contributed by atoms with E-state index in [1.807, 2.05) is 0 Å². The third-order valence-electron chi connectivity index (χ3n) is 1.69. The monoisotopic (exact) mass is 228 g/mol. The molecule has 80 valence electrons. The van der Waals surface area contributed by atoms with Gasteiger partial charge in [-0.25, -0.2) is 4.98 Å². The van der Waals surface area contributed by atoms with Crippen molar-refractivity contribution < 1.29 is 12.8 Å². The number of aromatic nitrogens is 3. The van der Waals surface area contributed by atoms with Crippen LogP contribution in [-0.4, -0.2) is 22.6 Å². The second-order valence-electron chi connectivity index (χ2n) is 2.83. The Morgan fingerprint density at radius 1 is 1.47 bits per heavy atom. The number of hydrogen-bond donors (Lipinski definition) is 1. The Hall–Kier alpha value is -1.83. The van der Waals surface area contributed by atoms with Crippen LogP contribution in [0.5, 0.6) is 0 Å². The molecule has 0 fully saturated rings. The highest BCUT2D eigenvalue weighted by molar-refractivity contribution is 7.89. The minimum Gasteiger partial charge on any atom is -0.428 e. The summed E-state index contributed by atoms with van der Waals surface area (Å²) in [5, 5.41) is 3.43. The van der Waals surface area contributed by atoms with Gasteiger partial charge < -0.3 is 10.2 Å². The third kappa shape index (κ3) is 1.59. The first kappa shape index (κ1) is 9.71. The molecule has 15 heavy (non-hydrogen) atoms. The van der Waals surface area contributed by atoms with Gasteiger partial charge in [0.05, 0.1) is 0 Å². The summed E-state index contributed by atoms with van der Waals surface area (Å²) in [5.74, 6) is 0.392. The molecule has 2 heterocycles. The van der Waals surface area contributed by atoms with Crippen LogP contribution in [0.15, 0.2) is 28.0 Å². The number of anilines is 1. The van der Waals surface area contributed by atoms with Crippen molar-refractivity contribution in [2.24, 2.45) is 0 Å². The molecular weight excluding hydrogens is 220 g/mol. The SMILES string of the molecule is Cc1ncn(S(=O)(=O)c2ccc(N)o2)n1. The molecule has 0 aliphatic carbocycles. The van der Waals surface area contributed by atoms with E-state index in [-0.39, 0.29) is 11.0 Å². The summed E-state index contributed by atoms with van der Waals surface area (Å²) in [6.45, 7) is 1.59. The molecule has 8 heteroatoms. The van der Waals surface area contributed by atoms with Gasteiger partial charge in [0, 0.05) is 12.1 Å². The average Bonchev–Trinajstić information content (AvgIpc) is 2.74. The molecule has 2 rings (SSSR count). The van der Waals surface area contributed by atoms with E-state index in [2.05, 4.69) is 10.1 Å². The largest absolute Gasteiger partial charge is 0.428 e. The molecule has 0 saturated heterocycles. The number of nitrogen functional groups attached to an aromatic ring is 1. The van der Waals surface area contributed by atoms with E-state index in [4.69, 9.17) is 10.2 Å². The van der Waals surface area contributed by atoms with E-state index in [1.54, 1.807) is 6.92 Å². The summed E-state index contributed by atoms with van der Waals surface area (Å²) in [6, 6.07) is 2.62. The summed E-state index contributed by atoms with van der Waals surface area (Å²) >= 11 is 0. The molecule has 0 aliphatic heterocycles. The molecule has 7 nitrogen and oxygen atoms in total. The normalized spacial score (nSPS) is 11.8. The Morgan fingerprint density at radius 3 is 2.67 bits per heavy atom. The van der Waals surface area contributed by atoms with Gasteiger partial charge in [0.15, 0.2) is 5.88 Å². The Bertz CT molecular complexity index is 537. The van der Waals surface area contributed by atoms with E-state index in [0.29, 0.717) is 5.82 Å². The Balaban J connectivity index is 2.53. The Morgan fingerprint density at radius 2 is 2.20 bits per heavy atom. The topological polar surface area (TPSA) is 104 Å². The first-order valence-electron chi connectivity index (χ1n) is 3.99. The summed E-state index contributed by atoms with van der Waals surface area (Å²) in [4.78, 5) is 3.71. The number of rotatable bonds is 2. The highest BCUT2D eigenvalue weighted by Crippen LogP contribution is 2.17. The molecule has 0 radical (unpaired) electrons. The van der Waals surface area contributed by atoms with Crippen LogP contribution in [0.4, 0.5) is 5.88 Å². The van der Waals surface area contributed by atoms with E-state index in [9.17, 15) is 8.42 Å². The molecule has 2 aromatic heterocycles. The quantitative estimate of drug-likeness (QED) is 0.775. The zero-order valence-electron chi connectivity index (χ0n) is 7.78. The highest BCUT2D eigenvalue weighted by Gasteiger charge is 2.22. The fourth-order valence-corrected chi connectivity index (χ4v) is 2.03. The number of hydrogen-bond acceptors (Lipinski definition) is 6. The molecule has 0 aromatic carbocycles. The molecule has 0 aliphatic rings. The lowest BCUT2D eigenvalue weighted by atomic mass is 10.6. The summed E-state index contributed by atoms with van der Waals surface area (Å²) in [6.07, 6.45) is 1.10. The standard InChI is InChI=1S/C7H8N4O3S/c1-5-9-4-11(10-5)15(12,13)7-3-2-6(8)14-7/h2-4H,8H2,1H3. The zero-order valence-corrected chi connectivity index (χ0v) is 8.60. The van der Waals surface area contributed by atoms with Gasteiger partial charge in [-0.3, -0.25) is 0 Å². The molecule has 0 unspecified atom stereocenters. The lowest BCUT2D eigenvalue weighted by molar-refractivity contribution is 0.459. The Kier molecular flexibility index (Phi) is 2.00. The maximum atomic E-state index is 11.8. The van der Waals surface area contributed by atoms with Gasteiger partial charge in [0.1, 0.15) is 12.2 Å². The molecule has 0 bridgehead atoms. The van der Waals surface area contributed by atoms with E-state index in [1.165, 1.54) is 12.1 Å². The van der Waals surface area contributed by atoms with Gasteiger partial charge in [-0.05, 0) is 6.92 Å². The van der Waals surface area contributed by atoms with Crippen LogP contribution in [0.25, 0.3) is 0 Å². The molecule has 0 spiro atoms. The fourth-order valence-electron chi connectivity index (χ4n) is 1.01. The molecule has 0 atom stereocenters.